The third-order valence-corrected chi connectivity index (χ3v) is 5.51. The second kappa shape index (κ2) is 7.21. The third-order valence-electron chi connectivity index (χ3n) is 4.56. The predicted octanol–water partition coefficient (Wildman–Crippen LogP) is 2.89. The molecule has 3 rings (SSSR count). The topological polar surface area (TPSA) is 36.4 Å². The summed E-state index contributed by atoms with van der Waals surface area (Å²) in [6.45, 7) is 2.73. The van der Waals surface area contributed by atoms with Crippen molar-refractivity contribution in [2.75, 3.05) is 42.6 Å². The van der Waals surface area contributed by atoms with Gasteiger partial charge in [0.25, 0.3) is 0 Å². The first-order valence-corrected chi connectivity index (χ1v) is 9.25. The van der Waals surface area contributed by atoms with Gasteiger partial charge in [-0.1, -0.05) is 0 Å². The summed E-state index contributed by atoms with van der Waals surface area (Å²) in [5.74, 6) is 2.49. The van der Waals surface area contributed by atoms with Crippen LogP contribution in [0.5, 0.6) is 0 Å². The van der Waals surface area contributed by atoms with Crippen molar-refractivity contribution in [2.24, 2.45) is 5.92 Å². The van der Waals surface area contributed by atoms with Gasteiger partial charge in [0, 0.05) is 49.8 Å². The monoisotopic (exact) mass is 359 g/mol. The molecule has 0 atom stereocenters. The number of aromatic nitrogens is 1. The molecule has 1 aromatic heterocycles. The molecule has 1 aromatic rings. The van der Waals surface area contributed by atoms with Gasteiger partial charge in [-0.3, -0.25) is 4.79 Å². The molecule has 8 heteroatoms. The average Bonchev–Trinajstić information content (AvgIpc) is 2.61. The van der Waals surface area contributed by atoms with E-state index in [1.165, 1.54) is 6.20 Å². The molecule has 4 nitrogen and oxygen atoms in total. The van der Waals surface area contributed by atoms with Crippen molar-refractivity contribution in [1.29, 1.82) is 0 Å². The average molecular weight is 359 g/mol. The third kappa shape index (κ3) is 3.96. The lowest BCUT2D eigenvalue weighted by Crippen LogP contribution is -2.45. The van der Waals surface area contributed by atoms with E-state index >= 15 is 0 Å². The zero-order valence-electron chi connectivity index (χ0n) is 13.3. The van der Waals surface area contributed by atoms with Gasteiger partial charge < -0.3 is 9.80 Å². The van der Waals surface area contributed by atoms with Gasteiger partial charge in [-0.25, -0.2) is 4.98 Å². The van der Waals surface area contributed by atoms with Crippen LogP contribution in [0.4, 0.5) is 19.0 Å². The molecular formula is C16H20F3N3OS. The number of piperidine rings is 1. The highest BCUT2D eigenvalue weighted by molar-refractivity contribution is 7.99. The second-order valence-corrected chi connectivity index (χ2v) is 7.32. The van der Waals surface area contributed by atoms with Gasteiger partial charge in [0.15, 0.2) is 0 Å². The SMILES string of the molecule is O=C(C1CCN(c2cc(C(F)(F)F)ccn2)CC1)N1CCSCC1. The lowest BCUT2D eigenvalue weighted by molar-refractivity contribution is -0.137. The Hall–Kier alpha value is -1.44. The van der Waals surface area contributed by atoms with E-state index in [1.54, 1.807) is 0 Å². The van der Waals surface area contributed by atoms with Crippen molar-refractivity contribution in [3.05, 3.63) is 23.9 Å². The van der Waals surface area contributed by atoms with Crippen LogP contribution in [0, 0.1) is 5.92 Å². The Balaban J connectivity index is 1.60. The number of hydrogen-bond acceptors (Lipinski definition) is 4. The van der Waals surface area contributed by atoms with Crippen molar-refractivity contribution in [3.8, 4) is 0 Å². The number of carbonyl (C=O) groups is 1. The number of anilines is 1. The Morgan fingerprint density at radius 2 is 1.83 bits per heavy atom. The maximum absolute atomic E-state index is 12.8. The van der Waals surface area contributed by atoms with Crippen molar-refractivity contribution >= 4 is 23.5 Å². The van der Waals surface area contributed by atoms with Crippen LogP contribution in [0.1, 0.15) is 18.4 Å². The number of thioether (sulfide) groups is 1. The summed E-state index contributed by atoms with van der Waals surface area (Å²) < 4.78 is 38.4. The number of halogens is 3. The fourth-order valence-electron chi connectivity index (χ4n) is 3.17. The Kier molecular flexibility index (Phi) is 5.22. The summed E-state index contributed by atoms with van der Waals surface area (Å²) in [5, 5.41) is 0. The van der Waals surface area contributed by atoms with E-state index in [1.807, 2.05) is 21.6 Å². The molecule has 0 saturated carbocycles. The number of carbonyl (C=O) groups excluding carboxylic acids is 1. The quantitative estimate of drug-likeness (QED) is 0.814. The molecule has 132 valence electrons. The summed E-state index contributed by atoms with van der Waals surface area (Å²) in [5.41, 5.74) is -0.684. The molecule has 2 fully saturated rings. The summed E-state index contributed by atoms with van der Waals surface area (Å²) >= 11 is 1.86. The van der Waals surface area contributed by atoms with Crippen LogP contribution in [-0.4, -0.2) is 53.5 Å². The van der Waals surface area contributed by atoms with Crippen molar-refractivity contribution in [3.63, 3.8) is 0 Å². The Morgan fingerprint density at radius 3 is 2.46 bits per heavy atom. The minimum Gasteiger partial charge on any atom is -0.357 e. The molecule has 24 heavy (non-hydrogen) atoms. The largest absolute Gasteiger partial charge is 0.416 e. The lowest BCUT2D eigenvalue weighted by Gasteiger charge is -2.36. The van der Waals surface area contributed by atoms with Crippen LogP contribution in [-0.2, 0) is 11.0 Å². The smallest absolute Gasteiger partial charge is 0.357 e. The molecule has 0 N–H and O–H groups in total. The van der Waals surface area contributed by atoms with Gasteiger partial charge in [-0.15, -0.1) is 0 Å². The van der Waals surface area contributed by atoms with Gasteiger partial charge in [-0.2, -0.15) is 24.9 Å². The molecule has 2 saturated heterocycles. The van der Waals surface area contributed by atoms with Gasteiger partial charge in [-0.05, 0) is 25.0 Å². The molecule has 3 heterocycles. The summed E-state index contributed by atoms with van der Waals surface area (Å²) in [6, 6.07) is 2.07. The summed E-state index contributed by atoms with van der Waals surface area (Å²) in [6.07, 6.45) is -1.83. The highest BCUT2D eigenvalue weighted by Crippen LogP contribution is 2.32. The van der Waals surface area contributed by atoms with Gasteiger partial charge in [0.2, 0.25) is 5.91 Å². The minimum atomic E-state index is -4.36. The number of nitrogens with zero attached hydrogens (tertiary/aromatic N) is 3. The molecule has 0 spiro atoms. The van der Waals surface area contributed by atoms with Gasteiger partial charge >= 0.3 is 6.18 Å². The van der Waals surface area contributed by atoms with E-state index < -0.39 is 11.7 Å². The molecule has 0 aliphatic carbocycles. The van der Waals surface area contributed by atoms with E-state index in [0.717, 1.165) is 36.7 Å². The summed E-state index contributed by atoms with van der Waals surface area (Å²) in [4.78, 5) is 20.3. The standard InChI is InChI=1S/C16H20F3N3OS/c17-16(18,19)13-1-4-20-14(11-13)21-5-2-12(3-6-21)15(23)22-7-9-24-10-8-22/h1,4,11-12H,2-3,5-10H2. The molecule has 0 aromatic carbocycles. The highest BCUT2D eigenvalue weighted by atomic mass is 32.2. The van der Waals surface area contributed by atoms with Gasteiger partial charge in [0.1, 0.15) is 5.82 Å². The van der Waals surface area contributed by atoms with E-state index in [0.29, 0.717) is 31.7 Å². The molecular weight excluding hydrogens is 339 g/mol. The molecule has 0 bridgehead atoms. The first-order chi connectivity index (χ1) is 11.4. The van der Waals surface area contributed by atoms with Crippen molar-refractivity contribution < 1.29 is 18.0 Å². The lowest BCUT2D eigenvalue weighted by atomic mass is 9.95. The van der Waals surface area contributed by atoms with Crippen molar-refractivity contribution in [2.45, 2.75) is 19.0 Å². The van der Waals surface area contributed by atoms with Crippen LogP contribution in [0.25, 0.3) is 0 Å². The molecule has 2 aliphatic heterocycles. The summed E-state index contributed by atoms with van der Waals surface area (Å²) in [7, 11) is 0. The second-order valence-electron chi connectivity index (χ2n) is 6.10. The molecule has 0 unspecified atom stereocenters. The minimum absolute atomic E-state index is 0.0184. The first-order valence-electron chi connectivity index (χ1n) is 8.10. The zero-order valence-corrected chi connectivity index (χ0v) is 14.1. The fourth-order valence-corrected chi connectivity index (χ4v) is 4.07. The maximum atomic E-state index is 12.8. The first kappa shape index (κ1) is 17.4. The Morgan fingerprint density at radius 1 is 1.17 bits per heavy atom. The number of rotatable bonds is 2. The van der Waals surface area contributed by atoms with E-state index in [9.17, 15) is 18.0 Å². The van der Waals surface area contributed by atoms with Crippen LogP contribution >= 0.6 is 11.8 Å². The van der Waals surface area contributed by atoms with Crippen LogP contribution in [0.3, 0.4) is 0 Å². The van der Waals surface area contributed by atoms with E-state index in [4.69, 9.17) is 0 Å². The van der Waals surface area contributed by atoms with E-state index in [2.05, 4.69) is 4.98 Å². The highest BCUT2D eigenvalue weighted by Gasteiger charge is 2.33. The van der Waals surface area contributed by atoms with E-state index in [-0.39, 0.29) is 11.8 Å². The normalized spacial score (nSPS) is 20.3. The number of hydrogen-bond donors (Lipinski definition) is 0. The number of pyridine rings is 1. The van der Waals surface area contributed by atoms with Crippen LogP contribution < -0.4 is 4.90 Å². The Bertz CT molecular complexity index is 582. The number of amides is 1. The predicted molar refractivity (Wildman–Crippen MR) is 88.1 cm³/mol. The van der Waals surface area contributed by atoms with Crippen LogP contribution in [0.2, 0.25) is 0 Å². The zero-order chi connectivity index (χ0) is 17.2. The Labute approximate surface area is 143 Å². The van der Waals surface area contributed by atoms with Crippen LogP contribution in [0.15, 0.2) is 18.3 Å². The molecule has 0 radical (unpaired) electrons. The molecule has 1 amide bonds. The number of alkyl halides is 3. The maximum Gasteiger partial charge on any atom is 0.416 e. The fraction of sp³-hybridized carbons (Fsp3) is 0.625. The molecule has 2 aliphatic rings. The van der Waals surface area contributed by atoms with Crippen molar-refractivity contribution in [1.82, 2.24) is 9.88 Å². The van der Waals surface area contributed by atoms with Gasteiger partial charge in [0.05, 0.1) is 5.56 Å².